The van der Waals surface area contributed by atoms with Gasteiger partial charge in [-0.05, 0) is 42.6 Å². The van der Waals surface area contributed by atoms with Gasteiger partial charge in [0, 0.05) is 28.9 Å². The molecule has 2 N–H and O–H groups in total. The number of aromatic amines is 1. The average molecular weight is 506 g/mol. The van der Waals surface area contributed by atoms with E-state index in [1.807, 2.05) is 30.3 Å². The maximum Gasteiger partial charge on any atom is 0.454 e. The van der Waals surface area contributed by atoms with Crippen molar-refractivity contribution in [2.75, 3.05) is 20.2 Å². The maximum absolute atomic E-state index is 14.3. The molecule has 1 spiro atoms. The molecule has 190 valence electrons. The summed E-state index contributed by atoms with van der Waals surface area (Å²) in [6.07, 6.45) is -5.92. The molecule has 4 aliphatic rings. The van der Waals surface area contributed by atoms with Crippen LogP contribution in [0.15, 0.2) is 36.4 Å². The summed E-state index contributed by atoms with van der Waals surface area (Å²) < 4.78 is 80.2. The summed E-state index contributed by atoms with van der Waals surface area (Å²) in [4.78, 5) is 4.59. The molecule has 2 aromatic carbocycles. The Morgan fingerprint density at radius 1 is 1.17 bits per heavy atom. The van der Waals surface area contributed by atoms with Crippen molar-refractivity contribution in [3.8, 4) is 11.5 Å². The summed E-state index contributed by atoms with van der Waals surface area (Å²) >= 11 is 0. The van der Waals surface area contributed by atoms with E-state index in [0.29, 0.717) is 11.5 Å². The normalized spacial score (nSPS) is 30.6. The third kappa shape index (κ3) is 2.47. The fourth-order valence-corrected chi connectivity index (χ4v) is 7.41. The molecule has 2 aliphatic heterocycles. The van der Waals surface area contributed by atoms with E-state index in [4.69, 9.17) is 9.47 Å². The fraction of sp³-hybridized carbons (Fsp3) is 0.462. The van der Waals surface area contributed by atoms with Crippen molar-refractivity contribution in [2.45, 2.75) is 54.5 Å². The lowest BCUT2D eigenvalue weighted by atomic mass is 9.49. The zero-order chi connectivity index (χ0) is 25.3. The van der Waals surface area contributed by atoms with Gasteiger partial charge in [0.05, 0.1) is 30.4 Å². The number of nitrogens with one attached hydrogen (secondary N) is 1. The molecule has 7 rings (SSSR count). The molecule has 36 heavy (non-hydrogen) atoms. The van der Waals surface area contributed by atoms with E-state index >= 15 is 0 Å². The van der Waals surface area contributed by atoms with Crippen LogP contribution in [0.4, 0.5) is 22.0 Å². The molecule has 0 unspecified atom stereocenters. The molecule has 5 nitrogen and oxygen atoms in total. The van der Waals surface area contributed by atoms with Crippen LogP contribution in [-0.4, -0.2) is 58.9 Å². The fourth-order valence-electron chi connectivity index (χ4n) is 7.41. The van der Waals surface area contributed by atoms with Gasteiger partial charge in [0.25, 0.3) is 0 Å². The van der Waals surface area contributed by atoms with E-state index < -0.39 is 41.8 Å². The van der Waals surface area contributed by atoms with Crippen LogP contribution < -0.4 is 9.47 Å². The van der Waals surface area contributed by atoms with Gasteiger partial charge >= 0.3 is 12.1 Å². The van der Waals surface area contributed by atoms with Crippen LogP contribution in [0, 0.1) is 0 Å². The first kappa shape index (κ1) is 22.4. The summed E-state index contributed by atoms with van der Waals surface area (Å²) in [5, 5.41) is 13.4. The number of aliphatic hydroxyl groups is 1. The van der Waals surface area contributed by atoms with Crippen LogP contribution in [0.5, 0.6) is 11.5 Å². The van der Waals surface area contributed by atoms with Gasteiger partial charge in [-0.2, -0.15) is 22.0 Å². The molecule has 10 heteroatoms. The number of piperidine rings is 1. The van der Waals surface area contributed by atoms with Crippen LogP contribution in [0.3, 0.4) is 0 Å². The van der Waals surface area contributed by atoms with Gasteiger partial charge in [-0.25, -0.2) is 0 Å². The summed E-state index contributed by atoms with van der Waals surface area (Å²) in [6.45, 7) is -1.52. The van der Waals surface area contributed by atoms with E-state index in [1.165, 1.54) is 7.11 Å². The van der Waals surface area contributed by atoms with E-state index in [0.717, 1.165) is 38.2 Å². The Labute approximate surface area is 202 Å². The highest BCUT2D eigenvalue weighted by molar-refractivity contribution is 5.86. The van der Waals surface area contributed by atoms with Crippen LogP contribution in [0.2, 0.25) is 0 Å². The molecule has 1 aromatic heterocycles. The van der Waals surface area contributed by atoms with Gasteiger partial charge in [0.2, 0.25) is 0 Å². The highest BCUT2D eigenvalue weighted by Crippen LogP contribution is 2.69. The van der Waals surface area contributed by atoms with Gasteiger partial charge in [-0.1, -0.05) is 24.3 Å². The lowest BCUT2D eigenvalue weighted by Gasteiger charge is -2.62. The minimum Gasteiger partial charge on any atom is -0.493 e. The Kier molecular flexibility index (Phi) is 4.17. The quantitative estimate of drug-likeness (QED) is 0.508. The van der Waals surface area contributed by atoms with Gasteiger partial charge in [-0.15, -0.1) is 0 Å². The second-order valence-corrected chi connectivity index (χ2v) is 10.4. The molecular weight excluding hydrogens is 483 g/mol. The Bertz CT molecular complexity index is 1420. The number of hydrogen-bond donors (Lipinski definition) is 2. The first-order chi connectivity index (χ1) is 17.0. The third-order valence-corrected chi connectivity index (χ3v) is 8.90. The highest BCUT2D eigenvalue weighted by atomic mass is 19.4. The molecule has 3 heterocycles. The van der Waals surface area contributed by atoms with Gasteiger partial charge < -0.3 is 19.6 Å². The SMILES string of the molecule is COc1ccc2c3c1O[C@H]1c4[nH]c5ccccc5c4C[C@@]4(O)[C@@H](C2)N(CC(F)(F)C(F)(F)F)CC[C@]314. The first-order valence-electron chi connectivity index (χ1n) is 11.9. The number of methoxy groups -OCH3 is 1. The molecule has 2 aliphatic carbocycles. The Morgan fingerprint density at radius 3 is 2.69 bits per heavy atom. The molecular formula is C26H23F5N2O3. The number of benzene rings is 2. The van der Waals surface area contributed by atoms with Crippen molar-refractivity contribution < 1.29 is 36.5 Å². The van der Waals surface area contributed by atoms with Gasteiger partial charge in [0.15, 0.2) is 17.6 Å². The number of fused-ring (bicyclic) bond motifs is 4. The highest BCUT2D eigenvalue weighted by Gasteiger charge is 2.73. The number of rotatable bonds is 3. The summed E-state index contributed by atoms with van der Waals surface area (Å²) in [6, 6.07) is 10.2. The standard InChI is InChI=1S/C26H23F5N2O3/c1-35-17-7-6-13-10-18-24(34)11-15-14-4-2-3-5-16(14)32-20(15)22-23(24,19(13)21(17)36-22)8-9-33(18)12-25(27,28)26(29,30)31/h2-7,18,22,32,34H,8-12H2,1H3/t18-,22+,23+,24-/m1/s1. The zero-order valence-corrected chi connectivity index (χ0v) is 19.3. The molecule has 3 aromatic rings. The maximum atomic E-state index is 14.3. The average Bonchev–Trinajstić information content (AvgIpc) is 3.35. The Hall–Kier alpha value is -2.85. The molecule has 0 amide bonds. The summed E-state index contributed by atoms with van der Waals surface area (Å²) in [5.74, 6) is -3.88. The van der Waals surface area contributed by atoms with Crippen LogP contribution in [0.1, 0.15) is 34.9 Å². The van der Waals surface area contributed by atoms with Crippen LogP contribution in [-0.2, 0) is 18.3 Å². The molecule has 1 saturated heterocycles. The molecule has 1 fully saturated rings. The van der Waals surface area contributed by atoms with E-state index in [-0.39, 0.29) is 25.8 Å². The number of alkyl halides is 5. The number of likely N-dealkylation sites (tertiary alicyclic amines) is 1. The largest absolute Gasteiger partial charge is 0.493 e. The van der Waals surface area contributed by atoms with Crippen molar-refractivity contribution in [1.29, 1.82) is 0 Å². The van der Waals surface area contributed by atoms with Gasteiger partial charge in [0.1, 0.15) is 0 Å². The predicted molar refractivity (Wildman–Crippen MR) is 120 cm³/mol. The van der Waals surface area contributed by atoms with Crippen molar-refractivity contribution >= 4 is 10.9 Å². The van der Waals surface area contributed by atoms with Crippen molar-refractivity contribution in [3.05, 3.63) is 58.8 Å². The number of H-pyrrole nitrogens is 1. The van der Waals surface area contributed by atoms with E-state index in [2.05, 4.69) is 4.98 Å². The molecule has 0 radical (unpaired) electrons. The van der Waals surface area contributed by atoms with Crippen molar-refractivity contribution in [1.82, 2.24) is 9.88 Å². The molecule has 0 saturated carbocycles. The minimum absolute atomic E-state index is 0.0237. The van der Waals surface area contributed by atoms with Crippen molar-refractivity contribution in [2.24, 2.45) is 0 Å². The monoisotopic (exact) mass is 506 g/mol. The van der Waals surface area contributed by atoms with Crippen molar-refractivity contribution in [3.63, 3.8) is 0 Å². The number of para-hydroxylation sites is 1. The third-order valence-electron chi connectivity index (χ3n) is 8.90. The second kappa shape index (κ2) is 6.72. The number of halogens is 5. The van der Waals surface area contributed by atoms with Crippen LogP contribution in [0.25, 0.3) is 10.9 Å². The lowest BCUT2D eigenvalue weighted by Crippen LogP contribution is -2.75. The summed E-state index contributed by atoms with van der Waals surface area (Å²) in [5.41, 5.74) is 1.40. The molecule has 2 bridgehead atoms. The topological polar surface area (TPSA) is 57.7 Å². The van der Waals surface area contributed by atoms with Crippen LogP contribution >= 0.6 is 0 Å². The summed E-state index contributed by atoms with van der Waals surface area (Å²) in [7, 11) is 1.52. The lowest BCUT2D eigenvalue weighted by molar-refractivity contribution is -0.294. The molecule has 4 atom stereocenters. The number of nitrogens with zero attached hydrogens (tertiary/aromatic N) is 1. The first-order valence-corrected chi connectivity index (χ1v) is 11.9. The number of ether oxygens (including phenoxy) is 2. The van der Waals surface area contributed by atoms with Gasteiger partial charge in [-0.3, -0.25) is 4.90 Å². The Morgan fingerprint density at radius 2 is 1.94 bits per heavy atom. The number of hydrogen-bond acceptors (Lipinski definition) is 4. The minimum atomic E-state index is -5.67. The zero-order valence-electron chi connectivity index (χ0n) is 19.3. The number of aromatic nitrogens is 1. The second-order valence-electron chi connectivity index (χ2n) is 10.4. The van der Waals surface area contributed by atoms with E-state index in [1.54, 1.807) is 6.07 Å². The smallest absolute Gasteiger partial charge is 0.454 e. The Balaban J connectivity index is 1.46. The van der Waals surface area contributed by atoms with E-state index in [9.17, 15) is 27.1 Å². The predicted octanol–water partition coefficient (Wildman–Crippen LogP) is 4.66.